The van der Waals surface area contributed by atoms with E-state index in [9.17, 15) is 22.8 Å². The summed E-state index contributed by atoms with van der Waals surface area (Å²) >= 11 is 6.04. The van der Waals surface area contributed by atoms with Crippen molar-refractivity contribution in [3.8, 4) is 0 Å². The second kappa shape index (κ2) is 11.0. The van der Waals surface area contributed by atoms with Crippen LogP contribution < -0.4 is 5.73 Å². The summed E-state index contributed by atoms with van der Waals surface area (Å²) in [5, 5.41) is 1.92. The number of primary amides is 1. The van der Waals surface area contributed by atoms with Gasteiger partial charge in [0.1, 0.15) is 12.1 Å². The molecule has 2 aliphatic rings. The first kappa shape index (κ1) is 27.3. The second-order valence-electron chi connectivity index (χ2n) is 9.92. The van der Waals surface area contributed by atoms with Crippen molar-refractivity contribution >= 4 is 50.1 Å². The Hall–Kier alpha value is -2.69. The summed E-state index contributed by atoms with van der Waals surface area (Å²) in [7, 11) is -2.49. The molecule has 11 heteroatoms. The van der Waals surface area contributed by atoms with E-state index in [1.807, 2.05) is 0 Å². The third-order valence-electron chi connectivity index (χ3n) is 7.55. The number of nitrogens with two attached hydrogens (primary N) is 1. The zero-order valence-corrected chi connectivity index (χ0v) is 22.7. The molecule has 9 nitrogen and oxygen atoms in total. The molecule has 1 aliphatic carbocycles. The fourth-order valence-electron chi connectivity index (χ4n) is 5.42. The Balaban J connectivity index is 1.58. The molecule has 1 saturated heterocycles. The minimum atomic E-state index is -4.26. The molecule has 0 aromatic heterocycles. The van der Waals surface area contributed by atoms with E-state index in [-0.39, 0.29) is 29.8 Å². The largest absolute Gasteiger partial charge is 0.369 e. The summed E-state index contributed by atoms with van der Waals surface area (Å²) < 4.78 is 28.2. The fourth-order valence-corrected chi connectivity index (χ4v) is 7.22. The number of halogens is 1. The standard InChI is InChI=1S/C26H33ClN4O5S/c1-17(25(33)29(2)21-6-4-3-5-7-21)30-13-12-23(26(30)34)31(16-24(28)32)37(35,36)22-11-9-18-14-20(27)10-8-19(18)15-22/h8-11,14-15,17,21,23H,3-7,12-13,16H2,1-2H3,(H2,28,32)/t17-,23-/m0/s1. The van der Waals surface area contributed by atoms with Crippen molar-refractivity contribution in [1.29, 1.82) is 0 Å². The highest BCUT2D eigenvalue weighted by Gasteiger charge is 2.45. The maximum absolute atomic E-state index is 13.7. The summed E-state index contributed by atoms with van der Waals surface area (Å²) in [6.45, 7) is 1.23. The van der Waals surface area contributed by atoms with Crippen molar-refractivity contribution in [2.24, 2.45) is 5.73 Å². The molecule has 37 heavy (non-hydrogen) atoms. The molecule has 0 radical (unpaired) electrons. The number of likely N-dealkylation sites (N-methyl/N-ethyl adjacent to an activating group) is 1. The van der Waals surface area contributed by atoms with Crippen molar-refractivity contribution in [3.05, 3.63) is 41.4 Å². The number of rotatable bonds is 8. The molecule has 1 aliphatic heterocycles. The molecule has 0 unspecified atom stereocenters. The third-order valence-corrected chi connectivity index (χ3v) is 9.63. The van der Waals surface area contributed by atoms with E-state index in [4.69, 9.17) is 17.3 Å². The first-order valence-electron chi connectivity index (χ1n) is 12.6. The lowest BCUT2D eigenvalue weighted by atomic mass is 9.94. The number of amides is 3. The van der Waals surface area contributed by atoms with Crippen molar-refractivity contribution < 1.29 is 22.8 Å². The van der Waals surface area contributed by atoms with Gasteiger partial charge in [-0.15, -0.1) is 0 Å². The van der Waals surface area contributed by atoms with Gasteiger partial charge in [0, 0.05) is 24.7 Å². The molecule has 1 heterocycles. The molecule has 2 fully saturated rings. The lowest BCUT2D eigenvalue weighted by Crippen LogP contribution is -2.53. The van der Waals surface area contributed by atoms with Crippen molar-refractivity contribution in [2.75, 3.05) is 20.1 Å². The number of carbonyl (C=O) groups excluding carboxylic acids is 3. The number of likely N-dealkylation sites (tertiary alicyclic amines) is 1. The van der Waals surface area contributed by atoms with Gasteiger partial charge in [-0.25, -0.2) is 8.42 Å². The van der Waals surface area contributed by atoms with Gasteiger partial charge in [-0.05, 0) is 61.2 Å². The molecule has 2 atom stereocenters. The molecule has 1 saturated carbocycles. The lowest BCUT2D eigenvalue weighted by molar-refractivity contribution is -0.145. The summed E-state index contributed by atoms with van der Waals surface area (Å²) in [6, 6.07) is 7.88. The number of nitrogens with zero attached hydrogens (tertiary/aromatic N) is 3. The van der Waals surface area contributed by atoms with Gasteiger partial charge in [0.25, 0.3) is 0 Å². The quantitative estimate of drug-likeness (QED) is 0.543. The monoisotopic (exact) mass is 548 g/mol. The normalized spacial score (nSPS) is 19.9. The number of hydrogen-bond donors (Lipinski definition) is 1. The van der Waals surface area contributed by atoms with Crippen LogP contribution >= 0.6 is 11.6 Å². The predicted molar refractivity (Wildman–Crippen MR) is 141 cm³/mol. The molecule has 200 valence electrons. The van der Waals surface area contributed by atoms with Gasteiger partial charge in [0.2, 0.25) is 27.7 Å². The first-order chi connectivity index (χ1) is 17.5. The SMILES string of the molecule is C[C@@H](C(=O)N(C)C1CCCCC1)N1CC[C@H](N(CC(N)=O)S(=O)(=O)c2ccc3cc(Cl)ccc3c2)C1=O. The Morgan fingerprint density at radius 1 is 1.08 bits per heavy atom. The zero-order chi connectivity index (χ0) is 26.9. The molecular weight excluding hydrogens is 516 g/mol. The van der Waals surface area contributed by atoms with Crippen LogP contribution in [0.15, 0.2) is 41.3 Å². The van der Waals surface area contributed by atoms with Gasteiger partial charge >= 0.3 is 0 Å². The average Bonchev–Trinajstić information content (AvgIpc) is 3.26. The number of fused-ring (bicyclic) bond motifs is 1. The van der Waals surface area contributed by atoms with Crippen LogP contribution in [0.3, 0.4) is 0 Å². The molecule has 2 aromatic rings. The van der Waals surface area contributed by atoms with Gasteiger partial charge in [0.05, 0.1) is 11.4 Å². The molecule has 0 bridgehead atoms. The maximum Gasteiger partial charge on any atom is 0.245 e. The van der Waals surface area contributed by atoms with Crippen LogP contribution in [0.5, 0.6) is 0 Å². The van der Waals surface area contributed by atoms with Crippen LogP contribution in [0.2, 0.25) is 5.02 Å². The van der Waals surface area contributed by atoms with Gasteiger partial charge < -0.3 is 15.5 Å². The van der Waals surface area contributed by atoms with Crippen molar-refractivity contribution in [2.45, 2.75) is 68.5 Å². The van der Waals surface area contributed by atoms with E-state index in [2.05, 4.69) is 0 Å². The summed E-state index contributed by atoms with van der Waals surface area (Å²) in [6.07, 6.45) is 5.34. The van der Waals surface area contributed by atoms with E-state index >= 15 is 0 Å². The second-order valence-corrected chi connectivity index (χ2v) is 12.2. The summed E-state index contributed by atoms with van der Waals surface area (Å²) in [5.74, 6) is -1.54. The number of carbonyl (C=O) groups is 3. The van der Waals surface area contributed by atoms with Crippen LogP contribution in [0.1, 0.15) is 45.4 Å². The van der Waals surface area contributed by atoms with Gasteiger partial charge in [0.15, 0.2) is 0 Å². The van der Waals surface area contributed by atoms with Crippen molar-refractivity contribution in [3.63, 3.8) is 0 Å². The van der Waals surface area contributed by atoms with E-state index in [0.717, 1.165) is 41.8 Å². The molecule has 0 spiro atoms. The van der Waals surface area contributed by atoms with Crippen LogP contribution in [0.25, 0.3) is 10.8 Å². The topological polar surface area (TPSA) is 121 Å². The Bertz CT molecular complexity index is 1310. The van der Waals surface area contributed by atoms with E-state index in [0.29, 0.717) is 10.4 Å². The van der Waals surface area contributed by atoms with Gasteiger partial charge in [-0.1, -0.05) is 43.0 Å². The van der Waals surface area contributed by atoms with Gasteiger partial charge in [-0.2, -0.15) is 4.31 Å². The number of sulfonamides is 1. The van der Waals surface area contributed by atoms with Crippen LogP contribution in [-0.2, 0) is 24.4 Å². The van der Waals surface area contributed by atoms with E-state index < -0.39 is 40.5 Å². The van der Waals surface area contributed by atoms with Crippen LogP contribution in [0, 0.1) is 0 Å². The molecular formula is C26H33ClN4O5S. The average molecular weight is 549 g/mol. The highest BCUT2D eigenvalue weighted by atomic mass is 35.5. The maximum atomic E-state index is 13.7. The number of hydrogen-bond acceptors (Lipinski definition) is 5. The molecule has 4 rings (SSSR count). The summed E-state index contributed by atoms with van der Waals surface area (Å²) in [5.41, 5.74) is 5.41. The molecule has 3 amide bonds. The minimum absolute atomic E-state index is 0.0593. The molecule has 2 aromatic carbocycles. The lowest BCUT2D eigenvalue weighted by Gasteiger charge is -2.35. The van der Waals surface area contributed by atoms with Crippen LogP contribution in [-0.4, -0.2) is 78.5 Å². The fraction of sp³-hybridized carbons (Fsp3) is 0.500. The highest BCUT2D eigenvalue weighted by molar-refractivity contribution is 7.89. The minimum Gasteiger partial charge on any atom is -0.369 e. The number of benzene rings is 2. The van der Waals surface area contributed by atoms with E-state index in [1.54, 1.807) is 43.1 Å². The zero-order valence-electron chi connectivity index (χ0n) is 21.1. The Morgan fingerprint density at radius 3 is 2.41 bits per heavy atom. The van der Waals surface area contributed by atoms with Crippen molar-refractivity contribution in [1.82, 2.24) is 14.1 Å². The predicted octanol–water partition coefficient (Wildman–Crippen LogP) is 2.75. The smallest absolute Gasteiger partial charge is 0.245 e. The van der Waals surface area contributed by atoms with Crippen LogP contribution in [0.4, 0.5) is 0 Å². The Kier molecular flexibility index (Phi) is 8.11. The van der Waals surface area contributed by atoms with E-state index in [1.165, 1.54) is 17.0 Å². The molecule has 2 N–H and O–H groups in total. The first-order valence-corrected chi connectivity index (χ1v) is 14.4. The Labute approximate surface area is 222 Å². The summed E-state index contributed by atoms with van der Waals surface area (Å²) in [4.78, 5) is 41.7. The highest BCUT2D eigenvalue weighted by Crippen LogP contribution is 2.29. The third kappa shape index (κ3) is 5.61. The van der Waals surface area contributed by atoms with Gasteiger partial charge in [-0.3, -0.25) is 14.4 Å². The Morgan fingerprint density at radius 2 is 1.73 bits per heavy atom.